The van der Waals surface area contributed by atoms with Crippen molar-refractivity contribution < 1.29 is 31.1 Å². The van der Waals surface area contributed by atoms with Crippen molar-refractivity contribution in [1.82, 2.24) is 4.72 Å². The first-order chi connectivity index (χ1) is 16.5. The number of nitrogens with one attached hydrogen (secondary N) is 2. The molecule has 0 unspecified atom stereocenters. The number of carbonyl (C=O) groups excluding carboxylic acids is 1. The van der Waals surface area contributed by atoms with E-state index in [9.17, 15) is 26.4 Å². The first kappa shape index (κ1) is 26.5. The topological polar surface area (TPSA) is 84.5 Å². The summed E-state index contributed by atoms with van der Waals surface area (Å²) >= 11 is 6.11. The van der Waals surface area contributed by atoms with Crippen LogP contribution < -0.4 is 14.8 Å². The lowest BCUT2D eigenvalue weighted by molar-refractivity contribution is -0.137. The Labute approximate surface area is 206 Å². The number of hydrogen-bond donors (Lipinski definition) is 2. The van der Waals surface area contributed by atoms with Gasteiger partial charge in [0.1, 0.15) is 11.8 Å². The molecule has 0 spiro atoms. The molecule has 0 saturated heterocycles. The van der Waals surface area contributed by atoms with Gasteiger partial charge in [0.05, 0.1) is 27.8 Å². The molecule has 3 rings (SSSR count). The van der Waals surface area contributed by atoms with Crippen LogP contribution in [0.5, 0.6) is 5.75 Å². The smallest absolute Gasteiger partial charge is 0.418 e. The second kappa shape index (κ2) is 11.1. The lowest BCUT2D eigenvalue weighted by Crippen LogP contribution is -2.45. The highest BCUT2D eigenvalue weighted by atomic mass is 35.5. The van der Waals surface area contributed by atoms with Gasteiger partial charge < -0.3 is 10.1 Å². The number of amides is 1. The van der Waals surface area contributed by atoms with Crippen LogP contribution >= 0.6 is 11.6 Å². The molecule has 0 aliphatic rings. The fraction of sp³-hybridized carbons (Fsp3) is 0.208. The third kappa shape index (κ3) is 6.97. The molecular formula is C24H22ClF3N2O4S. The monoisotopic (exact) mass is 526 g/mol. The number of alkyl halides is 3. The van der Waals surface area contributed by atoms with Crippen molar-refractivity contribution in [3.05, 3.63) is 88.9 Å². The summed E-state index contributed by atoms with van der Waals surface area (Å²) in [7, 11) is -4.28. The van der Waals surface area contributed by atoms with E-state index in [4.69, 9.17) is 16.3 Å². The van der Waals surface area contributed by atoms with Crippen LogP contribution in [0, 0.1) is 0 Å². The number of ether oxygens (including phenoxy) is 1. The molecule has 1 amide bonds. The van der Waals surface area contributed by atoms with Crippen molar-refractivity contribution in [3.8, 4) is 5.75 Å². The fourth-order valence-corrected chi connectivity index (χ4v) is 4.79. The van der Waals surface area contributed by atoms with Gasteiger partial charge in [0.25, 0.3) is 0 Å². The summed E-state index contributed by atoms with van der Waals surface area (Å²) in [5.74, 6) is -0.665. The largest absolute Gasteiger partial charge is 0.492 e. The molecular weight excluding hydrogens is 505 g/mol. The summed E-state index contributed by atoms with van der Waals surface area (Å²) in [4.78, 5) is 12.8. The molecule has 0 aliphatic carbocycles. The fourth-order valence-electron chi connectivity index (χ4n) is 3.27. The lowest BCUT2D eigenvalue weighted by Gasteiger charge is -2.20. The average molecular weight is 527 g/mol. The van der Waals surface area contributed by atoms with E-state index < -0.39 is 39.4 Å². The van der Waals surface area contributed by atoms with Gasteiger partial charge in [0.15, 0.2) is 0 Å². The van der Waals surface area contributed by atoms with Crippen molar-refractivity contribution in [2.45, 2.75) is 30.5 Å². The van der Waals surface area contributed by atoms with E-state index in [1.165, 1.54) is 30.3 Å². The molecule has 0 radical (unpaired) electrons. The van der Waals surface area contributed by atoms with Crippen LogP contribution in [0.15, 0.2) is 77.7 Å². The minimum Gasteiger partial charge on any atom is -0.492 e. The minimum absolute atomic E-state index is 0.0536. The minimum atomic E-state index is -4.71. The summed E-state index contributed by atoms with van der Waals surface area (Å²) in [6.45, 7) is 2.06. The van der Waals surface area contributed by atoms with E-state index >= 15 is 0 Å². The molecule has 11 heteroatoms. The van der Waals surface area contributed by atoms with Crippen LogP contribution in [0.2, 0.25) is 5.02 Å². The van der Waals surface area contributed by atoms with Gasteiger partial charge in [-0.1, -0.05) is 54.1 Å². The molecule has 186 valence electrons. The maximum Gasteiger partial charge on any atom is 0.418 e. The molecule has 35 heavy (non-hydrogen) atoms. The molecule has 3 aromatic carbocycles. The Hall–Kier alpha value is -3.08. The summed E-state index contributed by atoms with van der Waals surface area (Å²) in [5, 5.41) is 2.27. The maximum atomic E-state index is 13.4. The second-order valence-corrected chi connectivity index (χ2v) is 9.54. The predicted octanol–water partition coefficient (Wildman–Crippen LogP) is 5.29. The first-order valence-electron chi connectivity index (χ1n) is 10.5. The summed E-state index contributed by atoms with van der Waals surface area (Å²) in [5.41, 5.74) is -0.927. The highest BCUT2D eigenvalue weighted by Crippen LogP contribution is 2.34. The Morgan fingerprint density at radius 2 is 1.69 bits per heavy atom. The number of anilines is 1. The predicted molar refractivity (Wildman–Crippen MR) is 127 cm³/mol. The number of hydrogen-bond acceptors (Lipinski definition) is 4. The third-order valence-corrected chi connectivity index (χ3v) is 6.67. The molecule has 0 saturated carbocycles. The Morgan fingerprint density at radius 3 is 2.31 bits per heavy atom. The Kier molecular flexibility index (Phi) is 8.42. The van der Waals surface area contributed by atoms with E-state index in [1.54, 1.807) is 37.3 Å². The molecule has 0 fully saturated rings. The first-order valence-corrected chi connectivity index (χ1v) is 12.3. The molecule has 0 aromatic heterocycles. The number of para-hydroxylation sites is 1. The van der Waals surface area contributed by atoms with E-state index in [0.29, 0.717) is 12.2 Å². The molecule has 0 heterocycles. The van der Waals surface area contributed by atoms with Crippen molar-refractivity contribution in [2.24, 2.45) is 0 Å². The van der Waals surface area contributed by atoms with Crippen molar-refractivity contribution >= 4 is 33.2 Å². The van der Waals surface area contributed by atoms with Crippen LogP contribution in [0.25, 0.3) is 0 Å². The van der Waals surface area contributed by atoms with E-state index in [-0.39, 0.29) is 22.1 Å². The van der Waals surface area contributed by atoms with Gasteiger partial charge in [-0.3, -0.25) is 4.79 Å². The number of rotatable bonds is 9. The number of halogens is 4. The van der Waals surface area contributed by atoms with E-state index in [2.05, 4.69) is 10.0 Å². The highest BCUT2D eigenvalue weighted by Gasteiger charge is 2.34. The zero-order chi connectivity index (χ0) is 25.6. The zero-order valence-electron chi connectivity index (χ0n) is 18.5. The van der Waals surface area contributed by atoms with Gasteiger partial charge in [-0.05, 0) is 49.2 Å². The summed E-state index contributed by atoms with van der Waals surface area (Å²) < 4.78 is 73.9. The maximum absolute atomic E-state index is 13.4. The lowest BCUT2D eigenvalue weighted by atomic mass is 10.1. The van der Waals surface area contributed by atoms with Crippen LogP contribution in [-0.4, -0.2) is 27.0 Å². The standard InChI is InChI=1S/C24H22ClF3N2O4S/c1-2-34-22-13-12-17(15-19(22)25)35(32,33)30-21(14-16-8-4-3-5-9-16)23(31)29-20-11-7-6-10-18(20)24(26,27)28/h3-13,15,21,30H,2,14H2,1H3,(H,29,31)/t21-/m0/s1. The third-order valence-electron chi connectivity index (χ3n) is 4.90. The van der Waals surface area contributed by atoms with Crippen molar-refractivity contribution in [2.75, 3.05) is 11.9 Å². The average Bonchev–Trinajstić information content (AvgIpc) is 2.80. The van der Waals surface area contributed by atoms with Gasteiger partial charge in [-0.2, -0.15) is 17.9 Å². The summed E-state index contributed by atoms with van der Waals surface area (Å²) in [6, 6.07) is 15.3. The number of benzene rings is 3. The van der Waals surface area contributed by atoms with Crippen molar-refractivity contribution in [1.29, 1.82) is 0 Å². The SMILES string of the molecule is CCOc1ccc(S(=O)(=O)N[C@@H](Cc2ccccc2)C(=O)Nc2ccccc2C(F)(F)F)cc1Cl. The van der Waals surface area contributed by atoms with E-state index in [0.717, 1.165) is 12.1 Å². The Bertz CT molecular complexity index is 1290. The van der Waals surface area contributed by atoms with Gasteiger partial charge >= 0.3 is 6.18 Å². The van der Waals surface area contributed by atoms with Crippen LogP contribution in [0.1, 0.15) is 18.1 Å². The van der Waals surface area contributed by atoms with Crippen molar-refractivity contribution in [3.63, 3.8) is 0 Å². The van der Waals surface area contributed by atoms with Crippen LogP contribution in [-0.2, 0) is 27.4 Å². The van der Waals surface area contributed by atoms with Gasteiger partial charge in [-0.15, -0.1) is 0 Å². The van der Waals surface area contributed by atoms with Gasteiger partial charge in [0, 0.05) is 0 Å². The number of carbonyl (C=O) groups is 1. The highest BCUT2D eigenvalue weighted by molar-refractivity contribution is 7.89. The molecule has 0 aliphatic heterocycles. The summed E-state index contributed by atoms with van der Waals surface area (Å²) in [6.07, 6.45) is -4.82. The molecule has 3 aromatic rings. The molecule has 0 bridgehead atoms. The normalized spacial score (nSPS) is 12.7. The number of sulfonamides is 1. The van der Waals surface area contributed by atoms with Gasteiger partial charge in [0.2, 0.25) is 15.9 Å². The van der Waals surface area contributed by atoms with Gasteiger partial charge in [-0.25, -0.2) is 8.42 Å². The molecule has 1 atom stereocenters. The van der Waals surface area contributed by atoms with Crippen LogP contribution in [0.4, 0.5) is 18.9 Å². The second-order valence-electron chi connectivity index (χ2n) is 7.42. The molecule has 6 nitrogen and oxygen atoms in total. The van der Waals surface area contributed by atoms with E-state index in [1.807, 2.05) is 0 Å². The van der Waals surface area contributed by atoms with Crippen LogP contribution in [0.3, 0.4) is 0 Å². The quantitative estimate of drug-likeness (QED) is 0.397. The molecule has 2 N–H and O–H groups in total. The Balaban J connectivity index is 1.92. The zero-order valence-corrected chi connectivity index (χ0v) is 20.0. The Morgan fingerprint density at radius 1 is 1.03 bits per heavy atom.